The molecule has 1 N–H and O–H groups in total. The summed E-state index contributed by atoms with van der Waals surface area (Å²) < 4.78 is 12.0. The molecule has 1 aromatic heterocycles. The molecule has 1 amide bonds. The van der Waals surface area contributed by atoms with Crippen molar-refractivity contribution in [2.75, 3.05) is 18.5 Å². The van der Waals surface area contributed by atoms with Crippen molar-refractivity contribution in [3.8, 4) is 11.5 Å². The topological polar surface area (TPSA) is 60.5 Å². The van der Waals surface area contributed by atoms with Crippen molar-refractivity contribution in [3.63, 3.8) is 0 Å². The highest BCUT2D eigenvalue weighted by Gasteiger charge is 2.09. The number of hydrogen-bond acceptors (Lipinski definition) is 5. The Morgan fingerprint density at radius 3 is 2.68 bits per heavy atom. The number of anilines is 1. The molecule has 0 spiro atoms. The number of benzene rings is 2. The second-order valence-corrected chi connectivity index (χ2v) is 6.75. The summed E-state index contributed by atoms with van der Waals surface area (Å²) in [6.45, 7) is 2.64. The van der Waals surface area contributed by atoms with E-state index in [4.69, 9.17) is 21.1 Å². The quantitative estimate of drug-likeness (QED) is 0.646. The number of fused-ring (bicyclic) bond motifs is 1. The van der Waals surface area contributed by atoms with E-state index in [-0.39, 0.29) is 12.5 Å². The van der Waals surface area contributed by atoms with Gasteiger partial charge in [0.2, 0.25) is 0 Å². The van der Waals surface area contributed by atoms with E-state index < -0.39 is 0 Å². The predicted octanol–water partition coefficient (Wildman–Crippen LogP) is 4.76. The molecule has 5 nitrogen and oxygen atoms in total. The zero-order valence-corrected chi connectivity index (χ0v) is 15.2. The predicted molar refractivity (Wildman–Crippen MR) is 101 cm³/mol. The molecule has 0 unspecified atom stereocenters. The second-order valence-electron chi connectivity index (χ2n) is 5.29. The smallest absolute Gasteiger partial charge is 0.264 e. The number of rotatable bonds is 7. The molecule has 0 atom stereocenters. The van der Waals surface area contributed by atoms with Crippen LogP contribution in [0.1, 0.15) is 13.3 Å². The van der Waals surface area contributed by atoms with Crippen LogP contribution in [0.5, 0.6) is 11.5 Å². The number of aromatic nitrogens is 1. The summed E-state index contributed by atoms with van der Waals surface area (Å²) in [5.41, 5.74) is 0.822. The minimum Gasteiger partial charge on any atom is -0.494 e. The van der Waals surface area contributed by atoms with Crippen LogP contribution in [0.25, 0.3) is 10.2 Å². The highest BCUT2D eigenvalue weighted by atomic mass is 35.5. The van der Waals surface area contributed by atoms with Gasteiger partial charge in [-0.2, -0.15) is 0 Å². The van der Waals surface area contributed by atoms with Crippen LogP contribution in [0, 0.1) is 0 Å². The average Bonchev–Trinajstić information content (AvgIpc) is 3.00. The summed E-state index contributed by atoms with van der Waals surface area (Å²) in [5.74, 6) is 1.12. The van der Waals surface area contributed by atoms with Gasteiger partial charge in [-0.15, -0.1) is 0 Å². The number of hydrogen-bond donors (Lipinski definition) is 1. The van der Waals surface area contributed by atoms with Crippen LogP contribution in [0.4, 0.5) is 5.13 Å². The van der Waals surface area contributed by atoms with Crippen LogP contribution in [0.3, 0.4) is 0 Å². The maximum absolute atomic E-state index is 12.0. The van der Waals surface area contributed by atoms with E-state index >= 15 is 0 Å². The zero-order valence-electron chi connectivity index (χ0n) is 13.6. The summed E-state index contributed by atoms with van der Waals surface area (Å²) in [5, 5.41) is 3.91. The molecule has 0 aliphatic heterocycles. The molecular weight excluding hydrogens is 360 g/mol. The molecule has 0 aliphatic carbocycles. The van der Waals surface area contributed by atoms with Gasteiger partial charge in [0.25, 0.3) is 5.91 Å². The monoisotopic (exact) mass is 376 g/mol. The molecule has 0 aliphatic rings. The number of ether oxygens (including phenoxy) is 2. The first-order valence-corrected chi connectivity index (χ1v) is 9.05. The molecule has 7 heteroatoms. The molecular formula is C18H17ClN2O3S. The first kappa shape index (κ1) is 17.5. The third-order valence-corrected chi connectivity index (χ3v) is 4.45. The van der Waals surface area contributed by atoms with Gasteiger partial charge in [-0.3, -0.25) is 10.1 Å². The molecule has 0 radical (unpaired) electrons. The summed E-state index contributed by atoms with van der Waals surface area (Å²) in [4.78, 5) is 16.4. The Labute approximate surface area is 154 Å². The minimum atomic E-state index is -0.267. The molecule has 25 heavy (non-hydrogen) atoms. The van der Waals surface area contributed by atoms with Crippen molar-refractivity contribution in [3.05, 3.63) is 47.5 Å². The van der Waals surface area contributed by atoms with Gasteiger partial charge in [0.1, 0.15) is 11.5 Å². The molecule has 3 aromatic rings. The van der Waals surface area contributed by atoms with Crippen LogP contribution >= 0.6 is 22.9 Å². The number of amides is 1. The van der Waals surface area contributed by atoms with Crippen molar-refractivity contribution < 1.29 is 14.3 Å². The van der Waals surface area contributed by atoms with Gasteiger partial charge in [0.15, 0.2) is 11.7 Å². The number of nitrogens with one attached hydrogen (secondary N) is 1. The lowest BCUT2D eigenvalue weighted by molar-refractivity contribution is -0.118. The van der Waals surface area contributed by atoms with Crippen LogP contribution < -0.4 is 14.8 Å². The highest BCUT2D eigenvalue weighted by molar-refractivity contribution is 7.22. The number of carbonyl (C=O) groups excluding carboxylic acids is 1. The van der Waals surface area contributed by atoms with E-state index in [0.717, 1.165) is 22.4 Å². The largest absolute Gasteiger partial charge is 0.494 e. The Kier molecular flexibility index (Phi) is 5.73. The van der Waals surface area contributed by atoms with Crippen molar-refractivity contribution in [1.29, 1.82) is 0 Å². The fourth-order valence-corrected chi connectivity index (χ4v) is 3.14. The van der Waals surface area contributed by atoms with E-state index in [1.807, 2.05) is 18.2 Å². The Hall–Kier alpha value is -2.31. The van der Waals surface area contributed by atoms with Gasteiger partial charge >= 0.3 is 0 Å². The lowest BCUT2D eigenvalue weighted by atomic mass is 10.3. The lowest BCUT2D eigenvalue weighted by Gasteiger charge is -2.05. The maximum atomic E-state index is 12.0. The van der Waals surface area contributed by atoms with Crippen molar-refractivity contribution in [2.24, 2.45) is 0 Å². The zero-order chi connectivity index (χ0) is 17.6. The van der Waals surface area contributed by atoms with E-state index in [0.29, 0.717) is 22.5 Å². The maximum Gasteiger partial charge on any atom is 0.264 e. The number of halogens is 1. The normalized spacial score (nSPS) is 10.6. The van der Waals surface area contributed by atoms with E-state index in [1.54, 1.807) is 24.3 Å². The van der Waals surface area contributed by atoms with E-state index in [9.17, 15) is 4.79 Å². The molecule has 1 heterocycles. The summed E-state index contributed by atoms with van der Waals surface area (Å²) in [7, 11) is 0. The molecule has 3 rings (SSSR count). The van der Waals surface area contributed by atoms with E-state index in [1.165, 1.54) is 11.3 Å². The van der Waals surface area contributed by atoms with Crippen molar-refractivity contribution in [1.82, 2.24) is 4.98 Å². The molecule has 130 valence electrons. The van der Waals surface area contributed by atoms with Crippen molar-refractivity contribution in [2.45, 2.75) is 13.3 Å². The van der Waals surface area contributed by atoms with Gasteiger partial charge in [0, 0.05) is 5.02 Å². The molecule has 0 saturated heterocycles. The Morgan fingerprint density at radius 1 is 1.16 bits per heavy atom. The molecule has 0 fully saturated rings. The van der Waals surface area contributed by atoms with Crippen LogP contribution in [0.2, 0.25) is 5.02 Å². The summed E-state index contributed by atoms with van der Waals surface area (Å²) in [6, 6.07) is 12.5. The Morgan fingerprint density at radius 2 is 1.92 bits per heavy atom. The van der Waals surface area contributed by atoms with Gasteiger partial charge in [-0.05, 0) is 48.9 Å². The third kappa shape index (κ3) is 4.84. The SMILES string of the molecule is CCCOc1ccc2nc(NC(=O)COc3ccc(Cl)cc3)sc2c1. The first-order valence-electron chi connectivity index (χ1n) is 7.85. The summed E-state index contributed by atoms with van der Waals surface area (Å²) in [6.07, 6.45) is 0.954. The molecule has 2 aromatic carbocycles. The molecule has 0 bridgehead atoms. The van der Waals surface area contributed by atoms with Gasteiger partial charge < -0.3 is 9.47 Å². The molecule has 0 saturated carbocycles. The van der Waals surface area contributed by atoms with E-state index in [2.05, 4.69) is 17.2 Å². The standard InChI is InChI=1S/C18H17ClN2O3S/c1-2-9-23-14-7-8-15-16(10-14)25-18(20-15)21-17(22)11-24-13-5-3-12(19)4-6-13/h3-8,10H,2,9,11H2,1H3,(H,20,21,22). The highest BCUT2D eigenvalue weighted by Crippen LogP contribution is 2.29. The third-order valence-electron chi connectivity index (χ3n) is 3.26. The number of nitrogens with zero attached hydrogens (tertiary/aromatic N) is 1. The van der Waals surface area contributed by atoms with Crippen LogP contribution in [-0.4, -0.2) is 24.1 Å². The average molecular weight is 377 g/mol. The van der Waals surface area contributed by atoms with Crippen LogP contribution in [0.15, 0.2) is 42.5 Å². The summed E-state index contributed by atoms with van der Waals surface area (Å²) >= 11 is 7.21. The van der Waals surface area contributed by atoms with Gasteiger partial charge in [0.05, 0.1) is 16.8 Å². The lowest BCUT2D eigenvalue weighted by Crippen LogP contribution is -2.19. The number of thiazole rings is 1. The fraction of sp³-hybridized carbons (Fsp3) is 0.222. The second kappa shape index (κ2) is 8.18. The first-order chi connectivity index (χ1) is 12.1. The number of carbonyl (C=O) groups is 1. The van der Waals surface area contributed by atoms with Gasteiger partial charge in [-0.1, -0.05) is 29.9 Å². The minimum absolute atomic E-state index is 0.0948. The Bertz CT molecular complexity index is 864. The fourth-order valence-electron chi connectivity index (χ4n) is 2.10. The van der Waals surface area contributed by atoms with Crippen LogP contribution in [-0.2, 0) is 4.79 Å². The van der Waals surface area contributed by atoms with Crippen molar-refractivity contribution >= 4 is 44.2 Å². The Balaban J connectivity index is 1.59. The van der Waals surface area contributed by atoms with Gasteiger partial charge in [-0.25, -0.2) is 4.98 Å².